The molecule has 246 valence electrons. The van der Waals surface area contributed by atoms with Crippen LogP contribution in [0.3, 0.4) is 0 Å². The Hall–Kier alpha value is -4.06. The molecule has 0 spiro atoms. The molecular formula is C35H42FN3O6S. The summed E-state index contributed by atoms with van der Waals surface area (Å²) in [7, 11) is -0.842. The number of anilines is 2. The highest BCUT2D eigenvalue weighted by atomic mass is 32.2. The highest BCUT2D eigenvalue weighted by molar-refractivity contribution is 7.93. The van der Waals surface area contributed by atoms with Crippen LogP contribution in [0, 0.1) is 5.82 Å². The number of aliphatic hydroxyl groups excluding tert-OH is 1. The van der Waals surface area contributed by atoms with Gasteiger partial charge in [-0.15, -0.1) is 0 Å². The Labute approximate surface area is 270 Å². The van der Waals surface area contributed by atoms with Gasteiger partial charge in [0.15, 0.2) is 0 Å². The number of allylic oxidation sites excluding steroid dienone is 2. The standard InChI is InChI=1S/C35H42FN3O6S/c1-23(2)46(43,44)39(3)30-20-26-9-6-5-8-24-10-7-11-25(18-24)12-17-31(38-34(41)27(19-26)21-30)32(40)22-33(45-4)35(42)37-29-15-13-28(36)14-16-29/h5-7,10-11,13-16,18-21,23,31-33,40H,8-9,12,17,22H2,1-4H3,(H,37,42)(H,38,41)/b6-5+/t31-,32-,33+/m0/s1. The number of fused-ring (bicyclic) bond motifs is 4. The first kappa shape index (κ1) is 34.8. The van der Waals surface area contributed by atoms with E-state index in [2.05, 4.69) is 16.7 Å². The van der Waals surface area contributed by atoms with E-state index in [1.165, 1.54) is 48.8 Å². The number of methoxy groups -OCH3 is 1. The number of aryl methyl sites for hydroxylation is 1. The summed E-state index contributed by atoms with van der Waals surface area (Å²) in [6.07, 6.45) is 3.76. The molecule has 1 heterocycles. The van der Waals surface area contributed by atoms with Crippen molar-refractivity contribution in [3.8, 4) is 0 Å². The van der Waals surface area contributed by atoms with Gasteiger partial charge in [-0.25, -0.2) is 12.8 Å². The average molecular weight is 652 g/mol. The van der Waals surface area contributed by atoms with Gasteiger partial charge in [0.05, 0.1) is 23.1 Å². The summed E-state index contributed by atoms with van der Waals surface area (Å²) >= 11 is 0. The van der Waals surface area contributed by atoms with Crippen molar-refractivity contribution >= 4 is 33.2 Å². The minimum Gasteiger partial charge on any atom is -0.391 e. The van der Waals surface area contributed by atoms with Gasteiger partial charge >= 0.3 is 0 Å². The Morgan fingerprint density at radius 1 is 1.04 bits per heavy atom. The van der Waals surface area contributed by atoms with Gasteiger partial charge in [-0.05, 0) is 98.7 Å². The first-order chi connectivity index (χ1) is 21.9. The van der Waals surface area contributed by atoms with Gasteiger partial charge in [0, 0.05) is 31.8 Å². The fourth-order valence-corrected chi connectivity index (χ4v) is 6.34. The van der Waals surface area contributed by atoms with E-state index in [1.54, 1.807) is 26.0 Å². The third-order valence-corrected chi connectivity index (χ3v) is 10.3. The van der Waals surface area contributed by atoms with Crippen LogP contribution in [0.5, 0.6) is 0 Å². The molecule has 3 aromatic carbocycles. The monoisotopic (exact) mass is 651 g/mol. The van der Waals surface area contributed by atoms with Gasteiger partial charge in [-0.1, -0.05) is 36.4 Å². The predicted molar refractivity (Wildman–Crippen MR) is 178 cm³/mol. The maximum absolute atomic E-state index is 13.8. The summed E-state index contributed by atoms with van der Waals surface area (Å²) < 4.78 is 45.9. The number of carbonyl (C=O) groups excluding carboxylic acids is 2. The van der Waals surface area contributed by atoms with Crippen LogP contribution in [-0.2, 0) is 38.8 Å². The van der Waals surface area contributed by atoms with Crippen molar-refractivity contribution in [3.63, 3.8) is 0 Å². The largest absolute Gasteiger partial charge is 0.391 e. The van der Waals surface area contributed by atoms with Crippen LogP contribution in [-0.4, -0.2) is 63.0 Å². The summed E-state index contributed by atoms with van der Waals surface area (Å²) in [5, 5.41) is 16.4. The number of hydrogen-bond donors (Lipinski definition) is 3. The number of aliphatic hydroxyl groups is 1. The van der Waals surface area contributed by atoms with Crippen LogP contribution >= 0.6 is 0 Å². The number of carbonyl (C=O) groups is 2. The lowest BCUT2D eigenvalue weighted by atomic mass is 9.95. The Bertz CT molecular complexity index is 1660. The minimum absolute atomic E-state index is 0.126. The topological polar surface area (TPSA) is 125 Å². The van der Waals surface area contributed by atoms with Crippen LogP contribution < -0.4 is 14.9 Å². The summed E-state index contributed by atoms with van der Waals surface area (Å²) in [5.41, 5.74) is 3.88. The van der Waals surface area contributed by atoms with Crippen LogP contribution in [0.15, 0.2) is 78.9 Å². The molecule has 0 saturated heterocycles. The third-order valence-electron chi connectivity index (χ3n) is 8.12. The smallest absolute Gasteiger partial charge is 0.253 e. The summed E-state index contributed by atoms with van der Waals surface area (Å²) in [6.45, 7) is 3.20. The number of ether oxygens (including phenoxy) is 1. The minimum atomic E-state index is -3.66. The van der Waals surface area contributed by atoms with E-state index in [4.69, 9.17) is 4.74 Å². The molecule has 0 radical (unpaired) electrons. The third kappa shape index (κ3) is 9.02. The van der Waals surface area contributed by atoms with Crippen LogP contribution in [0.25, 0.3) is 0 Å². The molecule has 4 rings (SSSR count). The lowest BCUT2D eigenvalue weighted by Crippen LogP contribution is -2.46. The molecule has 2 amide bonds. The van der Waals surface area contributed by atoms with E-state index in [0.717, 1.165) is 16.7 Å². The van der Waals surface area contributed by atoms with E-state index < -0.39 is 51.2 Å². The van der Waals surface area contributed by atoms with E-state index in [9.17, 15) is 27.5 Å². The molecule has 0 aromatic heterocycles. The number of halogens is 1. The molecule has 3 aromatic rings. The zero-order chi connectivity index (χ0) is 33.4. The zero-order valence-electron chi connectivity index (χ0n) is 26.6. The molecular weight excluding hydrogens is 609 g/mol. The van der Waals surface area contributed by atoms with E-state index in [0.29, 0.717) is 37.1 Å². The second kappa shape index (κ2) is 15.5. The summed E-state index contributed by atoms with van der Waals surface area (Å²) in [4.78, 5) is 26.8. The average Bonchev–Trinajstić information content (AvgIpc) is 3.04. The van der Waals surface area contributed by atoms with Crippen molar-refractivity contribution in [1.29, 1.82) is 0 Å². The first-order valence-corrected chi connectivity index (χ1v) is 16.8. The van der Waals surface area contributed by atoms with Crippen LogP contribution in [0.1, 0.15) is 53.7 Å². The lowest BCUT2D eigenvalue weighted by molar-refractivity contribution is -0.127. The first-order valence-electron chi connectivity index (χ1n) is 15.3. The second-order valence-corrected chi connectivity index (χ2v) is 14.3. The molecule has 3 atom stereocenters. The normalized spacial score (nSPS) is 17.6. The van der Waals surface area contributed by atoms with Crippen molar-refractivity contribution in [2.75, 3.05) is 23.8 Å². The van der Waals surface area contributed by atoms with Gasteiger partial charge in [0.25, 0.3) is 11.8 Å². The molecule has 1 aliphatic heterocycles. The second-order valence-electron chi connectivity index (χ2n) is 11.8. The van der Waals surface area contributed by atoms with E-state index >= 15 is 0 Å². The summed E-state index contributed by atoms with van der Waals surface area (Å²) in [5.74, 6) is -1.45. The molecule has 0 fully saturated rings. The molecule has 0 aliphatic carbocycles. The molecule has 0 saturated carbocycles. The lowest BCUT2D eigenvalue weighted by Gasteiger charge is -2.27. The highest BCUT2D eigenvalue weighted by Gasteiger charge is 2.29. The summed E-state index contributed by atoms with van der Waals surface area (Å²) in [6, 6.07) is 17.6. The van der Waals surface area contributed by atoms with Crippen molar-refractivity contribution < 1.29 is 32.2 Å². The number of amides is 2. The van der Waals surface area contributed by atoms with Crippen molar-refractivity contribution in [1.82, 2.24) is 5.32 Å². The van der Waals surface area contributed by atoms with Crippen molar-refractivity contribution in [2.24, 2.45) is 0 Å². The van der Waals surface area contributed by atoms with Gasteiger partial charge in [0.2, 0.25) is 10.0 Å². The van der Waals surface area contributed by atoms with E-state index in [1.807, 2.05) is 30.4 Å². The number of hydrogen-bond acceptors (Lipinski definition) is 6. The van der Waals surface area contributed by atoms with Crippen molar-refractivity contribution in [2.45, 2.75) is 69.5 Å². The molecule has 11 heteroatoms. The molecule has 4 bridgehead atoms. The number of nitrogens with zero attached hydrogens (tertiary/aromatic N) is 1. The number of benzene rings is 3. The predicted octanol–water partition coefficient (Wildman–Crippen LogP) is 4.79. The van der Waals surface area contributed by atoms with Crippen LogP contribution in [0.2, 0.25) is 0 Å². The Morgan fingerprint density at radius 2 is 1.72 bits per heavy atom. The number of nitrogens with one attached hydrogen (secondary N) is 2. The fraction of sp³-hybridized carbons (Fsp3) is 0.371. The van der Waals surface area contributed by atoms with Gasteiger partial charge in [0.1, 0.15) is 11.9 Å². The molecule has 3 N–H and O–H groups in total. The molecule has 46 heavy (non-hydrogen) atoms. The molecule has 9 nitrogen and oxygen atoms in total. The highest BCUT2D eigenvalue weighted by Crippen LogP contribution is 2.25. The van der Waals surface area contributed by atoms with Gasteiger partial charge in [-0.2, -0.15) is 0 Å². The Balaban J connectivity index is 1.64. The number of rotatable bonds is 9. The SMILES string of the molecule is CO[C@H](C[C@H](O)[C@@H]1CCc2cccc(c2)C/C=C/Cc2cc(cc(N(C)S(=O)(=O)C(C)C)c2)C(=O)N1)C(=O)Nc1ccc(F)cc1. The van der Waals surface area contributed by atoms with E-state index in [-0.39, 0.29) is 12.0 Å². The maximum atomic E-state index is 13.8. The van der Waals surface area contributed by atoms with Crippen LogP contribution in [0.4, 0.5) is 15.8 Å². The maximum Gasteiger partial charge on any atom is 0.253 e. The zero-order valence-corrected chi connectivity index (χ0v) is 27.4. The fourth-order valence-electron chi connectivity index (χ4n) is 5.30. The van der Waals surface area contributed by atoms with Gasteiger partial charge < -0.3 is 20.5 Å². The Morgan fingerprint density at radius 3 is 2.39 bits per heavy atom. The molecule has 0 unspecified atom stereocenters. The molecule has 1 aliphatic rings. The quantitative estimate of drug-likeness (QED) is 0.286. The Kier molecular flexibility index (Phi) is 11.7. The van der Waals surface area contributed by atoms with Gasteiger partial charge in [-0.3, -0.25) is 13.9 Å². The van der Waals surface area contributed by atoms with Crippen molar-refractivity contribution in [3.05, 3.63) is 107 Å². The number of sulfonamides is 1.